The van der Waals surface area contributed by atoms with Gasteiger partial charge in [0, 0.05) is 9.86 Å². The molecule has 2 rings (SSSR count). The average molecular weight is 324 g/mol. The smallest absolute Gasteiger partial charge is 0.134 e. The zero-order valence-corrected chi connectivity index (χ0v) is 13.7. The second-order valence-corrected chi connectivity index (χ2v) is 7.23. The van der Waals surface area contributed by atoms with Gasteiger partial charge in [-0.2, -0.15) is 0 Å². The third kappa shape index (κ3) is 4.08. The predicted molar refractivity (Wildman–Crippen MR) is 84.4 cm³/mol. The summed E-state index contributed by atoms with van der Waals surface area (Å²) in [5.41, 5.74) is 1.31. The van der Waals surface area contributed by atoms with Gasteiger partial charge in [0.25, 0.3) is 0 Å². The number of hydrogen-bond acceptors (Lipinski definition) is 2. The number of nitrogens with one attached hydrogen (secondary N) is 1. The molecule has 1 heterocycles. The van der Waals surface area contributed by atoms with E-state index in [0.717, 1.165) is 34.2 Å². The molecule has 0 bridgehead atoms. The third-order valence-corrected chi connectivity index (χ3v) is 3.74. The summed E-state index contributed by atoms with van der Waals surface area (Å²) in [6.45, 7) is 9.94. The number of fused-ring (bicyclic) bond motifs is 1. The first-order chi connectivity index (χ1) is 8.85. The van der Waals surface area contributed by atoms with Gasteiger partial charge in [-0.15, -0.1) is 0 Å². The molecule has 0 radical (unpaired) electrons. The molecule has 1 unspecified atom stereocenters. The highest BCUT2D eigenvalue weighted by atomic mass is 79.9. The molecule has 0 spiro atoms. The van der Waals surface area contributed by atoms with Crippen LogP contribution in [0.1, 0.15) is 45.9 Å². The van der Waals surface area contributed by atoms with Crippen LogP contribution in [0.15, 0.2) is 33.2 Å². The lowest BCUT2D eigenvalue weighted by molar-refractivity contribution is 0.348. The fourth-order valence-electron chi connectivity index (χ4n) is 2.01. The molecule has 19 heavy (non-hydrogen) atoms. The Morgan fingerprint density at radius 1 is 1.26 bits per heavy atom. The van der Waals surface area contributed by atoms with Gasteiger partial charge in [0.1, 0.15) is 11.3 Å². The summed E-state index contributed by atoms with van der Waals surface area (Å²) >= 11 is 3.49. The Balaban J connectivity index is 2.03. The summed E-state index contributed by atoms with van der Waals surface area (Å²) in [6, 6.07) is 8.46. The molecule has 3 heteroatoms. The van der Waals surface area contributed by atoms with Gasteiger partial charge in [0.05, 0.1) is 6.04 Å². The van der Waals surface area contributed by atoms with E-state index in [1.54, 1.807) is 0 Å². The minimum absolute atomic E-state index is 0.244. The number of hydrogen-bond donors (Lipinski definition) is 1. The number of furan rings is 1. The molecule has 2 nitrogen and oxygen atoms in total. The van der Waals surface area contributed by atoms with Gasteiger partial charge in [0.2, 0.25) is 0 Å². The fourth-order valence-corrected chi connectivity index (χ4v) is 2.39. The summed E-state index contributed by atoms with van der Waals surface area (Å²) in [7, 11) is 0. The summed E-state index contributed by atoms with van der Waals surface area (Å²) in [5, 5.41) is 4.67. The van der Waals surface area contributed by atoms with E-state index in [0.29, 0.717) is 5.41 Å². The van der Waals surface area contributed by atoms with E-state index >= 15 is 0 Å². The second kappa shape index (κ2) is 5.68. The van der Waals surface area contributed by atoms with Crippen LogP contribution in [0.25, 0.3) is 11.0 Å². The maximum absolute atomic E-state index is 5.88. The van der Waals surface area contributed by atoms with Crippen LogP contribution in [0.5, 0.6) is 0 Å². The zero-order valence-electron chi connectivity index (χ0n) is 12.1. The van der Waals surface area contributed by atoms with Gasteiger partial charge in [-0.1, -0.05) is 36.7 Å². The van der Waals surface area contributed by atoms with Gasteiger partial charge in [-0.05, 0) is 49.6 Å². The van der Waals surface area contributed by atoms with E-state index < -0.39 is 0 Å². The third-order valence-electron chi connectivity index (χ3n) is 3.25. The Hall–Kier alpha value is -0.800. The Morgan fingerprint density at radius 2 is 2.00 bits per heavy atom. The molecular formula is C16H22BrNO. The Bertz CT molecular complexity index is 553. The van der Waals surface area contributed by atoms with Gasteiger partial charge in [-0.25, -0.2) is 0 Å². The monoisotopic (exact) mass is 323 g/mol. The molecule has 2 aromatic rings. The quantitative estimate of drug-likeness (QED) is 0.827. The van der Waals surface area contributed by atoms with Crippen molar-refractivity contribution in [2.75, 3.05) is 6.54 Å². The van der Waals surface area contributed by atoms with Crippen molar-refractivity contribution in [2.45, 2.75) is 40.2 Å². The minimum Gasteiger partial charge on any atom is -0.459 e. The van der Waals surface area contributed by atoms with Crippen molar-refractivity contribution in [1.82, 2.24) is 5.32 Å². The lowest BCUT2D eigenvalue weighted by Gasteiger charge is -2.19. The van der Waals surface area contributed by atoms with Crippen LogP contribution in [0.2, 0.25) is 0 Å². The highest BCUT2D eigenvalue weighted by Crippen LogP contribution is 2.26. The highest BCUT2D eigenvalue weighted by Gasteiger charge is 2.14. The molecule has 0 aliphatic carbocycles. The standard InChI is InChI=1S/C16H22BrNO/c1-11(18-8-7-16(2,3)4)15-10-12-9-13(17)5-6-14(12)19-15/h5-6,9-11,18H,7-8H2,1-4H3. The van der Waals surface area contributed by atoms with Crippen LogP contribution >= 0.6 is 15.9 Å². The van der Waals surface area contributed by atoms with Gasteiger partial charge in [0.15, 0.2) is 0 Å². The van der Waals surface area contributed by atoms with Crippen molar-refractivity contribution in [3.63, 3.8) is 0 Å². The Kier molecular flexibility index (Phi) is 4.36. The number of halogens is 1. The van der Waals surface area contributed by atoms with Crippen LogP contribution in [-0.2, 0) is 0 Å². The van der Waals surface area contributed by atoms with Gasteiger partial charge in [-0.3, -0.25) is 0 Å². The van der Waals surface area contributed by atoms with Crippen LogP contribution in [0, 0.1) is 5.41 Å². The maximum Gasteiger partial charge on any atom is 0.134 e. The first kappa shape index (κ1) is 14.6. The molecule has 1 aromatic carbocycles. The molecule has 0 fully saturated rings. The van der Waals surface area contributed by atoms with Gasteiger partial charge < -0.3 is 9.73 Å². The van der Waals surface area contributed by atoms with Crippen LogP contribution in [0.3, 0.4) is 0 Å². The lowest BCUT2D eigenvalue weighted by atomic mass is 9.92. The molecule has 1 N–H and O–H groups in total. The van der Waals surface area contributed by atoms with E-state index in [1.807, 2.05) is 12.1 Å². The number of benzene rings is 1. The van der Waals surface area contributed by atoms with E-state index in [-0.39, 0.29) is 6.04 Å². The number of rotatable bonds is 4. The molecule has 0 saturated carbocycles. The molecule has 0 aliphatic heterocycles. The van der Waals surface area contributed by atoms with Gasteiger partial charge >= 0.3 is 0 Å². The normalized spacial score (nSPS) is 13.9. The van der Waals surface area contributed by atoms with Crippen molar-refractivity contribution in [2.24, 2.45) is 5.41 Å². The second-order valence-electron chi connectivity index (χ2n) is 6.32. The largest absolute Gasteiger partial charge is 0.459 e. The van der Waals surface area contributed by atoms with Crippen LogP contribution in [-0.4, -0.2) is 6.54 Å². The van der Waals surface area contributed by atoms with E-state index in [4.69, 9.17) is 4.42 Å². The van der Waals surface area contributed by atoms with E-state index in [2.05, 4.69) is 61.1 Å². The molecule has 0 amide bonds. The molecule has 0 saturated heterocycles. The lowest BCUT2D eigenvalue weighted by Crippen LogP contribution is -2.23. The van der Waals surface area contributed by atoms with E-state index in [1.165, 1.54) is 0 Å². The van der Waals surface area contributed by atoms with E-state index in [9.17, 15) is 0 Å². The summed E-state index contributed by atoms with van der Waals surface area (Å²) in [4.78, 5) is 0. The summed E-state index contributed by atoms with van der Waals surface area (Å²) in [5.74, 6) is 1.00. The molecule has 104 valence electrons. The SMILES string of the molecule is CC(NCCC(C)(C)C)c1cc2cc(Br)ccc2o1. The maximum atomic E-state index is 5.88. The molecule has 1 aromatic heterocycles. The predicted octanol–water partition coefficient (Wildman–Crippen LogP) is 5.28. The topological polar surface area (TPSA) is 25.2 Å². The molecular weight excluding hydrogens is 302 g/mol. The average Bonchev–Trinajstić information content (AvgIpc) is 2.70. The van der Waals surface area contributed by atoms with Crippen molar-refractivity contribution >= 4 is 26.9 Å². The molecule has 1 atom stereocenters. The first-order valence-corrected chi connectivity index (χ1v) is 7.57. The minimum atomic E-state index is 0.244. The van der Waals surface area contributed by atoms with Crippen LogP contribution in [0.4, 0.5) is 0 Å². The van der Waals surface area contributed by atoms with Crippen molar-refractivity contribution in [3.8, 4) is 0 Å². The first-order valence-electron chi connectivity index (χ1n) is 6.77. The zero-order chi connectivity index (χ0) is 14.0. The fraction of sp³-hybridized carbons (Fsp3) is 0.500. The summed E-state index contributed by atoms with van der Waals surface area (Å²) in [6.07, 6.45) is 1.16. The van der Waals surface area contributed by atoms with Crippen molar-refractivity contribution in [1.29, 1.82) is 0 Å². The van der Waals surface area contributed by atoms with Crippen LogP contribution < -0.4 is 5.32 Å². The highest BCUT2D eigenvalue weighted by molar-refractivity contribution is 9.10. The van der Waals surface area contributed by atoms with Crippen molar-refractivity contribution in [3.05, 3.63) is 34.5 Å². The Morgan fingerprint density at radius 3 is 2.68 bits per heavy atom. The summed E-state index contributed by atoms with van der Waals surface area (Å²) < 4.78 is 6.97. The molecule has 0 aliphatic rings. The van der Waals surface area contributed by atoms with Crippen molar-refractivity contribution < 1.29 is 4.42 Å². The Labute approximate surface area is 123 Å².